The van der Waals surface area contributed by atoms with Crippen molar-refractivity contribution in [3.05, 3.63) is 28.7 Å². The van der Waals surface area contributed by atoms with Gasteiger partial charge >= 0.3 is 0 Å². The van der Waals surface area contributed by atoms with Crippen LogP contribution >= 0.6 is 27.7 Å². The van der Waals surface area contributed by atoms with Crippen LogP contribution in [0.1, 0.15) is 0 Å². The van der Waals surface area contributed by atoms with E-state index in [0.29, 0.717) is 0 Å². The van der Waals surface area contributed by atoms with Crippen LogP contribution in [0, 0.1) is 0 Å². The van der Waals surface area contributed by atoms with Gasteiger partial charge in [-0.2, -0.15) is 0 Å². The summed E-state index contributed by atoms with van der Waals surface area (Å²) in [5, 5.41) is 0. The fourth-order valence-corrected chi connectivity index (χ4v) is 2.76. The van der Waals surface area contributed by atoms with E-state index in [2.05, 4.69) is 59.8 Å². The van der Waals surface area contributed by atoms with Crippen LogP contribution in [0.2, 0.25) is 25.7 Å². The number of hydrogen-bond donors (Lipinski definition) is 0. The van der Waals surface area contributed by atoms with Crippen molar-refractivity contribution in [3.8, 4) is 0 Å². The number of halogens is 1. The van der Waals surface area contributed by atoms with Crippen molar-refractivity contribution in [2.75, 3.05) is 12.5 Å². The molecule has 0 bridgehead atoms. The molecule has 4 heteroatoms. The lowest BCUT2D eigenvalue weighted by atomic mass is 10.4. The Kier molecular flexibility index (Phi) is 6.11. The second kappa shape index (κ2) is 6.84. The Morgan fingerprint density at radius 2 is 1.81 bits per heavy atom. The number of benzene rings is 1. The molecule has 90 valence electrons. The molecule has 1 aromatic carbocycles. The first-order valence-corrected chi connectivity index (χ1v) is 10.9. The van der Waals surface area contributed by atoms with Gasteiger partial charge in [-0.25, -0.2) is 0 Å². The maximum atomic E-state index is 5.63. The first kappa shape index (κ1) is 14.3. The molecule has 1 nitrogen and oxygen atoms in total. The molecule has 1 aromatic rings. The Labute approximate surface area is 112 Å². The van der Waals surface area contributed by atoms with Gasteiger partial charge in [0.1, 0.15) is 0 Å². The molecule has 0 radical (unpaired) electrons. The molecule has 16 heavy (non-hydrogen) atoms. The lowest BCUT2D eigenvalue weighted by Gasteiger charge is -2.15. The molecule has 0 fully saturated rings. The van der Waals surface area contributed by atoms with Gasteiger partial charge in [-0.15, -0.1) is 0 Å². The summed E-state index contributed by atoms with van der Waals surface area (Å²) in [5.74, 6) is 0.756. The molecular formula is C12H19BrOSSi. The molecule has 0 aromatic heterocycles. The highest BCUT2D eigenvalue weighted by atomic mass is 79.9. The number of hydrogen-bond acceptors (Lipinski definition) is 2. The molecule has 0 heterocycles. The summed E-state index contributed by atoms with van der Waals surface area (Å²) in [5.41, 5.74) is 0. The maximum Gasteiger partial charge on any atom is 0.0966 e. The summed E-state index contributed by atoms with van der Waals surface area (Å²) in [6, 6.07) is 9.58. The topological polar surface area (TPSA) is 9.23 Å². The predicted molar refractivity (Wildman–Crippen MR) is 79.0 cm³/mol. The van der Waals surface area contributed by atoms with E-state index in [1.165, 1.54) is 10.9 Å². The molecule has 0 N–H and O–H groups in total. The second-order valence-electron chi connectivity index (χ2n) is 4.94. The average Bonchev–Trinajstić information content (AvgIpc) is 2.19. The Morgan fingerprint density at radius 1 is 1.19 bits per heavy atom. The van der Waals surface area contributed by atoms with E-state index in [-0.39, 0.29) is 0 Å². The molecule has 0 saturated carbocycles. The summed E-state index contributed by atoms with van der Waals surface area (Å²) in [4.78, 5) is 1.26. The van der Waals surface area contributed by atoms with Crippen molar-refractivity contribution in [1.82, 2.24) is 0 Å². The molecule has 0 amide bonds. The fraction of sp³-hybridized carbons (Fsp3) is 0.500. The lowest BCUT2D eigenvalue weighted by molar-refractivity contribution is 0.198. The van der Waals surface area contributed by atoms with E-state index in [1.54, 1.807) is 11.8 Å². The third kappa shape index (κ3) is 6.73. The Balaban J connectivity index is 2.14. The van der Waals surface area contributed by atoms with Crippen molar-refractivity contribution in [2.45, 2.75) is 30.6 Å². The third-order valence-electron chi connectivity index (χ3n) is 2.12. The van der Waals surface area contributed by atoms with Crippen molar-refractivity contribution in [2.24, 2.45) is 0 Å². The number of ether oxygens (including phenoxy) is 1. The van der Waals surface area contributed by atoms with Crippen LogP contribution < -0.4 is 0 Å². The van der Waals surface area contributed by atoms with Crippen LogP contribution in [-0.2, 0) is 4.74 Å². The van der Waals surface area contributed by atoms with Gasteiger partial charge in [0.25, 0.3) is 0 Å². The molecule has 0 atom stereocenters. The van der Waals surface area contributed by atoms with E-state index in [1.807, 2.05) is 0 Å². The molecule has 0 unspecified atom stereocenters. The highest BCUT2D eigenvalue weighted by Crippen LogP contribution is 2.20. The van der Waals surface area contributed by atoms with E-state index in [9.17, 15) is 0 Å². The van der Waals surface area contributed by atoms with Crippen LogP contribution in [0.15, 0.2) is 33.6 Å². The van der Waals surface area contributed by atoms with Gasteiger partial charge in [-0.1, -0.05) is 47.3 Å². The summed E-state index contributed by atoms with van der Waals surface area (Å²) >= 11 is 5.18. The molecule has 0 aliphatic rings. The van der Waals surface area contributed by atoms with Crippen molar-refractivity contribution < 1.29 is 4.74 Å². The molecule has 0 saturated heterocycles. The fourth-order valence-electron chi connectivity index (χ4n) is 1.08. The minimum atomic E-state index is -0.934. The van der Waals surface area contributed by atoms with Crippen LogP contribution in [0.4, 0.5) is 0 Å². The van der Waals surface area contributed by atoms with Crippen molar-refractivity contribution >= 4 is 35.8 Å². The van der Waals surface area contributed by atoms with E-state index in [4.69, 9.17) is 4.74 Å². The molecule has 0 spiro atoms. The monoisotopic (exact) mass is 318 g/mol. The van der Waals surface area contributed by atoms with Gasteiger partial charge < -0.3 is 4.74 Å². The van der Waals surface area contributed by atoms with Gasteiger partial charge in [0, 0.05) is 24.0 Å². The van der Waals surface area contributed by atoms with E-state index >= 15 is 0 Å². The van der Waals surface area contributed by atoms with Crippen molar-refractivity contribution in [1.29, 1.82) is 0 Å². The van der Waals surface area contributed by atoms with Gasteiger partial charge in [0.05, 0.1) is 5.94 Å². The van der Waals surface area contributed by atoms with Crippen LogP contribution in [0.5, 0.6) is 0 Å². The summed E-state index contributed by atoms with van der Waals surface area (Å²) < 4.78 is 6.75. The normalized spacial score (nSPS) is 11.8. The first-order valence-electron chi connectivity index (χ1n) is 5.43. The van der Waals surface area contributed by atoms with Crippen LogP contribution in [0.25, 0.3) is 0 Å². The molecular weight excluding hydrogens is 300 g/mol. The Morgan fingerprint density at radius 3 is 2.38 bits per heavy atom. The van der Waals surface area contributed by atoms with Gasteiger partial charge in [0.2, 0.25) is 0 Å². The molecule has 0 aliphatic carbocycles. The third-order valence-corrected chi connectivity index (χ3v) is 5.24. The largest absolute Gasteiger partial charge is 0.371 e. The first-order chi connectivity index (χ1) is 7.47. The minimum absolute atomic E-state index is 0.756. The standard InChI is InChI=1S/C12H19BrOSSi/c1-16(2,3)9-8-14-10-15-12-6-4-11(13)5-7-12/h4-7H,8-10H2,1-3H3. The van der Waals surface area contributed by atoms with E-state index in [0.717, 1.165) is 17.0 Å². The molecule has 1 rings (SSSR count). The number of rotatable bonds is 6. The number of thioether (sulfide) groups is 1. The summed E-state index contributed by atoms with van der Waals surface area (Å²) in [7, 11) is -0.934. The van der Waals surface area contributed by atoms with Crippen LogP contribution in [-0.4, -0.2) is 20.6 Å². The van der Waals surface area contributed by atoms with Gasteiger partial charge in [-0.3, -0.25) is 0 Å². The summed E-state index contributed by atoms with van der Waals surface area (Å²) in [6.07, 6.45) is 0. The lowest BCUT2D eigenvalue weighted by Crippen LogP contribution is -2.21. The zero-order chi connectivity index (χ0) is 12.0. The summed E-state index contributed by atoms with van der Waals surface area (Å²) in [6.45, 7) is 8.02. The van der Waals surface area contributed by atoms with Gasteiger partial charge in [-0.05, 0) is 30.3 Å². The van der Waals surface area contributed by atoms with Gasteiger partial charge in [0.15, 0.2) is 0 Å². The Bertz CT molecular complexity index is 308. The zero-order valence-corrected chi connectivity index (χ0v) is 13.5. The zero-order valence-electron chi connectivity index (χ0n) is 10.1. The minimum Gasteiger partial charge on any atom is -0.371 e. The Hall–Kier alpha value is 0.227. The highest BCUT2D eigenvalue weighted by Gasteiger charge is 2.11. The van der Waals surface area contributed by atoms with E-state index < -0.39 is 8.07 Å². The maximum absolute atomic E-state index is 5.63. The van der Waals surface area contributed by atoms with Crippen LogP contribution in [0.3, 0.4) is 0 Å². The second-order valence-corrected chi connectivity index (χ2v) is 12.5. The van der Waals surface area contributed by atoms with Crippen molar-refractivity contribution in [3.63, 3.8) is 0 Å². The predicted octanol–water partition coefficient (Wildman–Crippen LogP) is 4.85. The average molecular weight is 319 g/mol. The smallest absolute Gasteiger partial charge is 0.0966 e. The quantitative estimate of drug-likeness (QED) is 0.321. The SMILES string of the molecule is C[Si](C)(C)CCOCSc1ccc(Br)cc1. The highest BCUT2D eigenvalue weighted by molar-refractivity contribution is 9.10. The molecule has 0 aliphatic heterocycles.